The lowest BCUT2D eigenvalue weighted by Crippen LogP contribution is -2.16. The van der Waals surface area contributed by atoms with Gasteiger partial charge in [0.1, 0.15) is 0 Å². The van der Waals surface area contributed by atoms with Crippen molar-refractivity contribution < 1.29 is 5.11 Å². The van der Waals surface area contributed by atoms with Crippen LogP contribution < -0.4 is 0 Å². The highest BCUT2D eigenvalue weighted by Gasteiger charge is 2.34. The lowest BCUT2D eigenvalue weighted by molar-refractivity contribution is 0.163. The van der Waals surface area contributed by atoms with Gasteiger partial charge in [-0.3, -0.25) is 0 Å². The Balaban J connectivity index is 1.90. The zero-order valence-corrected chi connectivity index (χ0v) is 11.0. The molecule has 1 fully saturated rings. The Kier molecular flexibility index (Phi) is 2.72. The normalized spacial score (nSPS) is 28.9. The maximum Gasteiger partial charge on any atom is 0.0545 e. The van der Waals surface area contributed by atoms with Crippen LogP contribution in [0.4, 0.5) is 0 Å². The third-order valence-electron chi connectivity index (χ3n) is 3.99. The fourth-order valence-corrected chi connectivity index (χ4v) is 4.04. The molecular formula is C15H18OS. The zero-order chi connectivity index (χ0) is 11.9. The molecule has 1 saturated carbocycles. The number of thiophene rings is 1. The number of fused-ring (bicyclic) bond motifs is 1. The van der Waals surface area contributed by atoms with E-state index in [0.29, 0.717) is 5.41 Å². The van der Waals surface area contributed by atoms with Crippen LogP contribution in [0, 0.1) is 5.41 Å². The van der Waals surface area contributed by atoms with Gasteiger partial charge in [0.25, 0.3) is 0 Å². The molecule has 0 spiro atoms. The molecule has 3 rings (SSSR count). The van der Waals surface area contributed by atoms with E-state index in [2.05, 4.69) is 36.6 Å². The fraction of sp³-hybridized carbons (Fsp3) is 0.467. The van der Waals surface area contributed by atoms with E-state index in [1.165, 1.54) is 15.6 Å². The third kappa shape index (κ3) is 2.12. The maximum atomic E-state index is 9.71. The van der Waals surface area contributed by atoms with Crippen LogP contribution >= 0.6 is 11.3 Å². The minimum atomic E-state index is -0.0788. The first kappa shape index (κ1) is 11.2. The molecule has 90 valence electrons. The highest BCUT2D eigenvalue weighted by Crippen LogP contribution is 2.42. The number of hydrogen-bond donors (Lipinski definition) is 1. The quantitative estimate of drug-likeness (QED) is 0.849. The van der Waals surface area contributed by atoms with Gasteiger partial charge in [0, 0.05) is 4.70 Å². The molecule has 1 aliphatic carbocycles. The lowest BCUT2D eigenvalue weighted by Gasteiger charge is -2.23. The lowest BCUT2D eigenvalue weighted by atomic mass is 9.82. The predicted octanol–water partition coefficient (Wildman–Crippen LogP) is 3.99. The van der Waals surface area contributed by atoms with Gasteiger partial charge in [-0.2, -0.15) is 0 Å². The molecule has 1 heterocycles. The Bertz CT molecular complexity index is 530. The van der Waals surface area contributed by atoms with Gasteiger partial charge in [0.2, 0.25) is 0 Å². The average molecular weight is 246 g/mol. The van der Waals surface area contributed by atoms with E-state index in [0.717, 1.165) is 25.7 Å². The number of aliphatic hydroxyl groups is 1. The second-order valence-electron chi connectivity index (χ2n) is 5.64. The molecule has 1 aromatic carbocycles. The van der Waals surface area contributed by atoms with Crippen molar-refractivity contribution in [1.82, 2.24) is 0 Å². The van der Waals surface area contributed by atoms with Crippen molar-refractivity contribution in [2.45, 2.75) is 38.7 Å². The van der Waals surface area contributed by atoms with Crippen molar-refractivity contribution >= 4 is 21.4 Å². The molecule has 2 unspecified atom stereocenters. The Morgan fingerprint density at radius 3 is 3.00 bits per heavy atom. The number of hydrogen-bond acceptors (Lipinski definition) is 2. The van der Waals surface area contributed by atoms with Gasteiger partial charge in [-0.25, -0.2) is 0 Å². The molecule has 0 aliphatic heterocycles. The summed E-state index contributed by atoms with van der Waals surface area (Å²) in [6.07, 6.45) is 4.10. The van der Waals surface area contributed by atoms with Crippen LogP contribution in [-0.2, 0) is 6.42 Å². The van der Waals surface area contributed by atoms with Crippen molar-refractivity contribution in [2.75, 3.05) is 0 Å². The molecule has 2 heteroatoms. The second-order valence-corrected chi connectivity index (χ2v) is 6.55. The maximum absolute atomic E-state index is 9.71. The smallest absolute Gasteiger partial charge is 0.0545 e. The number of rotatable bonds is 2. The van der Waals surface area contributed by atoms with Crippen LogP contribution in [0.2, 0.25) is 0 Å². The predicted molar refractivity (Wildman–Crippen MR) is 73.5 cm³/mol. The molecular weight excluding hydrogens is 228 g/mol. The van der Waals surface area contributed by atoms with Crippen LogP contribution in [-0.4, -0.2) is 11.2 Å². The third-order valence-corrected chi connectivity index (χ3v) is 5.00. The van der Waals surface area contributed by atoms with E-state index >= 15 is 0 Å². The molecule has 2 atom stereocenters. The number of benzene rings is 1. The standard InChI is InChI=1S/C15H18OS/c1-15(7-6-12(16)9-15)8-11-10-17-14-5-3-2-4-13(11)14/h2-5,10,12,16H,6-9H2,1H3. The summed E-state index contributed by atoms with van der Waals surface area (Å²) >= 11 is 1.83. The van der Waals surface area contributed by atoms with Crippen LogP contribution in [0.1, 0.15) is 31.7 Å². The van der Waals surface area contributed by atoms with E-state index in [-0.39, 0.29) is 6.10 Å². The average Bonchev–Trinajstić information content (AvgIpc) is 2.85. The Labute approximate surface area is 106 Å². The van der Waals surface area contributed by atoms with Crippen molar-refractivity contribution in [1.29, 1.82) is 0 Å². The first-order chi connectivity index (χ1) is 8.16. The molecule has 0 bridgehead atoms. The van der Waals surface area contributed by atoms with E-state index in [1.807, 2.05) is 11.3 Å². The van der Waals surface area contributed by atoms with Crippen LogP contribution in [0.5, 0.6) is 0 Å². The minimum Gasteiger partial charge on any atom is -0.393 e. The van der Waals surface area contributed by atoms with Gasteiger partial charge in [-0.1, -0.05) is 25.1 Å². The van der Waals surface area contributed by atoms with Crippen LogP contribution in [0.3, 0.4) is 0 Å². The second kappa shape index (κ2) is 4.11. The molecule has 0 amide bonds. The van der Waals surface area contributed by atoms with Crippen molar-refractivity contribution in [3.63, 3.8) is 0 Å². The summed E-state index contributed by atoms with van der Waals surface area (Å²) in [7, 11) is 0. The van der Waals surface area contributed by atoms with Gasteiger partial charge in [0.15, 0.2) is 0 Å². The van der Waals surface area contributed by atoms with E-state index in [1.54, 1.807) is 0 Å². The van der Waals surface area contributed by atoms with Crippen LogP contribution in [0.15, 0.2) is 29.6 Å². The Morgan fingerprint density at radius 1 is 1.41 bits per heavy atom. The summed E-state index contributed by atoms with van der Waals surface area (Å²) < 4.78 is 1.38. The van der Waals surface area contributed by atoms with Crippen molar-refractivity contribution in [3.8, 4) is 0 Å². The Morgan fingerprint density at radius 2 is 2.24 bits per heavy atom. The SMILES string of the molecule is CC1(Cc2csc3ccccc23)CCC(O)C1. The van der Waals surface area contributed by atoms with E-state index < -0.39 is 0 Å². The highest BCUT2D eigenvalue weighted by atomic mass is 32.1. The molecule has 17 heavy (non-hydrogen) atoms. The first-order valence-corrected chi connectivity index (χ1v) is 7.17. The molecule has 1 N–H and O–H groups in total. The summed E-state index contributed by atoms with van der Waals surface area (Å²) in [5, 5.41) is 13.4. The first-order valence-electron chi connectivity index (χ1n) is 6.29. The zero-order valence-electron chi connectivity index (χ0n) is 10.1. The van der Waals surface area contributed by atoms with Gasteiger partial charge >= 0.3 is 0 Å². The molecule has 0 radical (unpaired) electrons. The summed E-state index contributed by atoms with van der Waals surface area (Å²) in [4.78, 5) is 0. The molecule has 2 aromatic rings. The summed E-state index contributed by atoms with van der Waals surface area (Å²) in [6.45, 7) is 2.32. The summed E-state index contributed by atoms with van der Waals surface area (Å²) in [5.74, 6) is 0. The largest absolute Gasteiger partial charge is 0.393 e. The van der Waals surface area contributed by atoms with E-state index in [4.69, 9.17) is 0 Å². The van der Waals surface area contributed by atoms with Crippen molar-refractivity contribution in [3.05, 3.63) is 35.2 Å². The monoisotopic (exact) mass is 246 g/mol. The highest BCUT2D eigenvalue weighted by molar-refractivity contribution is 7.17. The van der Waals surface area contributed by atoms with Gasteiger partial charge < -0.3 is 5.11 Å². The summed E-state index contributed by atoms with van der Waals surface area (Å²) in [5.41, 5.74) is 1.76. The molecule has 1 aliphatic rings. The minimum absolute atomic E-state index is 0.0788. The topological polar surface area (TPSA) is 20.2 Å². The van der Waals surface area contributed by atoms with Crippen molar-refractivity contribution in [2.24, 2.45) is 5.41 Å². The molecule has 0 saturated heterocycles. The summed E-state index contributed by atoms with van der Waals surface area (Å²) in [6, 6.07) is 8.62. The fourth-order valence-electron chi connectivity index (χ4n) is 3.08. The molecule has 1 nitrogen and oxygen atoms in total. The van der Waals surface area contributed by atoms with Crippen LogP contribution in [0.25, 0.3) is 10.1 Å². The molecule has 1 aromatic heterocycles. The van der Waals surface area contributed by atoms with Gasteiger partial charge in [-0.05, 0) is 53.5 Å². The van der Waals surface area contributed by atoms with Gasteiger partial charge in [0.05, 0.1) is 6.10 Å². The Hall–Kier alpha value is -0.860. The van der Waals surface area contributed by atoms with Gasteiger partial charge in [-0.15, -0.1) is 11.3 Å². The van der Waals surface area contributed by atoms with E-state index in [9.17, 15) is 5.11 Å². The number of aliphatic hydroxyl groups excluding tert-OH is 1.